The van der Waals surface area contributed by atoms with Crippen LogP contribution in [-0.4, -0.2) is 40.6 Å². The maximum atomic E-state index is 10.8. The summed E-state index contributed by atoms with van der Waals surface area (Å²) < 4.78 is 10.8. The predicted molar refractivity (Wildman–Crippen MR) is 40.0 cm³/mol. The highest BCUT2D eigenvalue weighted by atomic mass is 32.2. The summed E-state index contributed by atoms with van der Waals surface area (Å²) in [5.41, 5.74) is 0. The zero-order valence-electron chi connectivity index (χ0n) is 5.80. The van der Waals surface area contributed by atoms with Gasteiger partial charge in [0, 0.05) is 13.1 Å². The second-order valence-corrected chi connectivity index (χ2v) is 3.98. The Balaban J connectivity index is 2.18. The molecule has 1 rings (SSSR count). The molecule has 1 fully saturated rings. The van der Waals surface area contributed by atoms with Gasteiger partial charge in [-0.05, 0) is 6.54 Å². The van der Waals surface area contributed by atoms with Crippen LogP contribution in [0.4, 0.5) is 0 Å². The summed E-state index contributed by atoms with van der Waals surface area (Å²) in [5.74, 6) is 1.77. The third-order valence-electron chi connectivity index (χ3n) is 1.72. The van der Waals surface area contributed by atoms with Gasteiger partial charge in [0.15, 0.2) is 0 Å². The summed E-state index contributed by atoms with van der Waals surface area (Å²) in [6.45, 7) is 5.32. The summed E-state index contributed by atoms with van der Waals surface area (Å²) >= 11 is -0.504. The van der Waals surface area contributed by atoms with E-state index in [4.69, 9.17) is 0 Å². The van der Waals surface area contributed by atoms with Gasteiger partial charge in [-0.15, -0.1) is 0 Å². The highest BCUT2D eigenvalue weighted by molar-refractivity contribution is 7.91. The molecule has 0 aromatic carbocycles. The van der Waals surface area contributed by atoms with Gasteiger partial charge in [-0.3, -0.25) is 4.90 Å². The van der Waals surface area contributed by atoms with Gasteiger partial charge in [-0.25, -0.2) is 0 Å². The van der Waals surface area contributed by atoms with Crippen LogP contribution in [0.15, 0.2) is 0 Å². The third kappa shape index (κ3) is 2.16. The monoisotopic (exact) mass is 147 g/mol. The minimum absolute atomic E-state index is 0.504. The minimum atomic E-state index is -0.504. The number of nitrogens with zero attached hydrogens (tertiary/aromatic N) is 1. The van der Waals surface area contributed by atoms with Crippen molar-refractivity contribution in [1.82, 2.24) is 4.90 Å². The molecule has 1 heterocycles. The zero-order chi connectivity index (χ0) is 6.69. The Kier molecular flexibility index (Phi) is 2.82. The quantitative estimate of drug-likeness (QED) is 0.491. The number of hydrogen-bond donors (Lipinski definition) is 0. The molecule has 2 nitrogen and oxygen atoms in total. The smallest absolute Gasteiger partial charge is 0.118 e. The van der Waals surface area contributed by atoms with E-state index in [1.54, 1.807) is 0 Å². The van der Waals surface area contributed by atoms with E-state index in [9.17, 15) is 4.55 Å². The van der Waals surface area contributed by atoms with Gasteiger partial charge in [-0.2, -0.15) is 0 Å². The largest absolute Gasteiger partial charge is 0.616 e. The van der Waals surface area contributed by atoms with Gasteiger partial charge in [0.1, 0.15) is 11.5 Å². The lowest BCUT2D eigenvalue weighted by molar-refractivity contribution is 0.312. The number of rotatable bonds is 1. The summed E-state index contributed by atoms with van der Waals surface area (Å²) in [7, 11) is 0. The molecule has 1 aliphatic heterocycles. The highest BCUT2D eigenvalue weighted by Gasteiger charge is 2.16. The van der Waals surface area contributed by atoms with E-state index in [0.29, 0.717) is 0 Å². The van der Waals surface area contributed by atoms with Crippen molar-refractivity contribution in [3.05, 3.63) is 0 Å². The average Bonchev–Trinajstić information content (AvgIpc) is 1.90. The fourth-order valence-electron chi connectivity index (χ4n) is 0.992. The van der Waals surface area contributed by atoms with Gasteiger partial charge in [0.05, 0.1) is 0 Å². The summed E-state index contributed by atoms with van der Waals surface area (Å²) in [6, 6.07) is 0. The molecule has 0 aromatic rings. The second-order valence-electron chi connectivity index (χ2n) is 2.28. The molecule has 0 aromatic heterocycles. The van der Waals surface area contributed by atoms with Gasteiger partial charge in [0.25, 0.3) is 0 Å². The van der Waals surface area contributed by atoms with E-state index in [1.807, 2.05) is 0 Å². The molecule has 0 N–H and O–H groups in total. The molecule has 54 valence electrons. The standard InChI is InChI=1S/C6H13NOS/c1-2-7-3-5-9(8)6-4-7/h2-6H2,1H3. The van der Waals surface area contributed by atoms with Crippen molar-refractivity contribution in [2.24, 2.45) is 0 Å². The van der Waals surface area contributed by atoms with Crippen molar-refractivity contribution < 1.29 is 4.55 Å². The van der Waals surface area contributed by atoms with E-state index in [-0.39, 0.29) is 0 Å². The lowest BCUT2D eigenvalue weighted by Gasteiger charge is -2.26. The maximum absolute atomic E-state index is 10.8. The molecule has 0 radical (unpaired) electrons. The zero-order valence-corrected chi connectivity index (χ0v) is 6.62. The molecular weight excluding hydrogens is 134 g/mol. The summed E-state index contributed by atoms with van der Waals surface area (Å²) in [5, 5.41) is 0. The van der Waals surface area contributed by atoms with Crippen LogP contribution in [0.3, 0.4) is 0 Å². The molecular formula is C6H13NOS. The molecule has 0 bridgehead atoms. The lowest BCUT2D eigenvalue weighted by Crippen LogP contribution is -2.39. The second kappa shape index (κ2) is 3.44. The van der Waals surface area contributed by atoms with Crippen LogP contribution >= 0.6 is 0 Å². The fourth-order valence-corrected chi connectivity index (χ4v) is 2.12. The van der Waals surface area contributed by atoms with Crippen molar-refractivity contribution in [2.45, 2.75) is 6.92 Å². The van der Waals surface area contributed by atoms with Crippen LogP contribution in [0.5, 0.6) is 0 Å². The summed E-state index contributed by atoms with van der Waals surface area (Å²) in [4.78, 5) is 2.33. The Morgan fingerprint density at radius 2 is 2.00 bits per heavy atom. The first-order valence-electron chi connectivity index (χ1n) is 3.40. The van der Waals surface area contributed by atoms with Crippen molar-refractivity contribution >= 4 is 11.2 Å². The molecule has 0 unspecified atom stereocenters. The van der Waals surface area contributed by atoms with Gasteiger partial charge in [0.2, 0.25) is 0 Å². The SMILES string of the molecule is CCN1CC[S+]([O-])CC1. The van der Waals surface area contributed by atoms with Gasteiger partial charge < -0.3 is 4.55 Å². The van der Waals surface area contributed by atoms with E-state index >= 15 is 0 Å². The Morgan fingerprint density at radius 3 is 2.44 bits per heavy atom. The van der Waals surface area contributed by atoms with Crippen molar-refractivity contribution in [2.75, 3.05) is 31.1 Å². The van der Waals surface area contributed by atoms with Crippen LogP contribution in [0.2, 0.25) is 0 Å². The van der Waals surface area contributed by atoms with Crippen molar-refractivity contribution in [1.29, 1.82) is 0 Å². The highest BCUT2D eigenvalue weighted by Crippen LogP contribution is 2.01. The molecule has 0 aliphatic carbocycles. The van der Waals surface area contributed by atoms with Crippen molar-refractivity contribution in [3.63, 3.8) is 0 Å². The Bertz CT molecular complexity index is 81.1. The molecule has 0 saturated carbocycles. The molecule has 1 aliphatic rings. The summed E-state index contributed by atoms with van der Waals surface area (Å²) in [6.07, 6.45) is 0. The van der Waals surface area contributed by atoms with E-state index in [0.717, 1.165) is 31.1 Å². The first-order valence-corrected chi connectivity index (χ1v) is 4.89. The lowest BCUT2D eigenvalue weighted by atomic mass is 10.5. The van der Waals surface area contributed by atoms with E-state index < -0.39 is 11.2 Å². The third-order valence-corrected chi connectivity index (χ3v) is 2.99. The molecule has 0 spiro atoms. The van der Waals surface area contributed by atoms with Crippen molar-refractivity contribution in [3.8, 4) is 0 Å². The Hall–Kier alpha value is 0.270. The van der Waals surface area contributed by atoms with Crippen LogP contribution < -0.4 is 0 Å². The van der Waals surface area contributed by atoms with E-state index in [2.05, 4.69) is 11.8 Å². The van der Waals surface area contributed by atoms with Crippen LogP contribution in [0.1, 0.15) is 6.92 Å². The Morgan fingerprint density at radius 1 is 1.44 bits per heavy atom. The van der Waals surface area contributed by atoms with Gasteiger partial charge in [-0.1, -0.05) is 18.1 Å². The molecule has 0 atom stereocenters. The van der Waals surface area contributed by atoms with Gasteiger partial charge >= 0.3 is 0 Å². The van der Waals surface area contributed by atoms with Crippen LogP contribution in [0, 0.1) is 0 Å². The molecule has 9 heavy (non-hydrogen) atoms. The molecule has 3 heteroatoms. The normalized spacial score (nSPS) is 24.7. The number of hydrogen-bond acceptors (Lipinski definition) is 2. The molecule has 0 amide bonds. The predicted octanol–water partition coefficient (Wildman–Crippen LogP) is 0.0706. The fraction of sp³-hybridized carbons (Fsp3) is 1.00. The minimum Gasteiger partial charge on any atom is -0.616 e. The first kappa shape index (κ1) is 7.38. The topological polar surface area (TPSA) is 26.3 Å². The first-order chi connectivity index (χ1) is 4.33. The van der Waals surface area contributed by atoms with Crippen LogP contribution in [-0.2, 0) is 11.2 Å². The molecule has 1 saturated heterocycles. The maximum Gasteiger partial charge on any atom is 0.118 e. The van der Waals surface area contributed by atoms with Crippen LogP contribution in [0.25, 0.3) is 0 Å². The Labute approximate surface area is 59.4 Å². The van der Waals surface area contributed by atoms with E-state index in [1.165, 1.54) is 0 Å². The average molecular weight is 147 g/mol.